The SMILES string of the molecule is Cc1ccc(S(=O)(=O)N2CCC(C(=O)Nc3c(F)cccc3N3CCCC3)CC2)cc1C. The Balaban J connectivity index is 1.43. The second-order valence-electron chi connectivity index (χ2n) is 8.74. The Bertz CT molecular complexity index is 1110. The molecule has 0 aromatic heterocycles. The molecule has 2 aliphatic heterocycles. The molecule has 6 nitrogen and oxygen atoms in total. The number of benzene rings is 2. The number of nitrogens with one attached hydrogen (secondary N) is 1. The largest absolute Gasteiger partial charge is 0.370 e. The highest BCUT2D eigenvalue weighted by Gasteiger charge is 2.33. The first-order valence-electron chi connectivity index (χ1n) is 11.2. The standard InChI is InChI=1S/C24H30FN3O3S/c1-17-8-9-20(16-18(17)2)32(30,31)28-14-10-19(11-15-28)24(29)26-23-21(25)6-5-7-22(23)27-12-3-4-13-27/h5-9,16,19H,3-4,10-15H2,1-2H3,(H,26,29). The molecule has 1 amide bonds. The number of nitrogens with zero attached hydrogens (tertiary/aromatic N) is 2. The van der Waals surface area contributed by atoms with Crippen molar-refractivity contribution < 1.29 is 17.6 Å². The van der Waals surface area contributed by atoms with Crippen LogP contribution in [-0.2, 0) is 14.8 Å². The molecule has 2 aromatic carbocycles. The van der Waals surface area contributed by atoms with Gasteiger partial charge in [-0.2, -0.15) is 4.31 Å². The molecule has 8 heteroatoms. The van der Waals surface area contributed by atoms with E-state index in [4.69, 9.17) is 0 Å². The van der Waals surface area contributed by atoms with E-state index in [9.17, 15) is 17.6 Å². The van der Waals surface area contributed by atoms with E-state index in [0.29, 0.717) is 18.5 Å². The van der Waals surface area contributed by atoms with Crippen molar-refractivity contribution in [3.63, 3.8) is 0 Å². The molecule has 2 fully saturated rings. The van der Waals surface area contributed by atoms with Crippen LogP contribution in [0, 0.1) is 25.6 Å². The van der Waals surface area contributed by atoms with Crippen LogP contribution in [0.5, 0.6) is 0 Å². The summed E-state index contributed by atoms with van der Waals surface area (Å²) >= 11 is 0. The molecule has 2 heterocycles. The number of hydrogen-bond donors (Lipinski definition) is 1. The van der Waals surface area contributed by atoms with Crippen LogP contribution in [0.1, 0.15) is 36.8 Å². The zero-order chi connectivity index (χ0) is 22.9. The maximum Gasteiger partial charge on any atom is 0.243 e. The van der Waals surface area contributed by atoms with Gasteiger partial charge in [-0.25, -0.2) is 12.8 Å². The van der Waals surface area contributed by atoms with Gasteiger partial charge in [-0.05, 0) is 74.9 Å². The summed E-state index contributed by atoms with van der Waals surface area (Å²) in [5, 5.41) is 2.80. The minimum absolute atomic E-state index is 0.226. The maximum atomic E-state index is 14.6. The molecule has 0 saturated carbocycles. The van der Waals surface area contributed by atoms with Gasteiger partial charge in [0, 0.05) is 32.1 Å². The molecule has 0 spiro atoms. The zero-order valence-corrected chi connectivity index (χ0v) is 19.4. The van der Waals surface area contributed by atoms with E-state index >= 15 is 0 Å². The van der Waals surface area contributed by atoms with Gasteiger partial charge >= 0.3 is 0 Å². The van der Waals surface area contributed by atoms with Crippen molar-refractivity contribution in [1.29, 1.82) is 0 Å². The van der Waals surface area contributed by atoms with Gasteiger partial charge in [0.05, 0.1) is 10.6 Å². The average molecular weight is 460 g/mol. The van der Waals surface area contributed by atoms with Crippen LogP contribution in [0.2, 0.25) is 0 Å². The van der Waals surface area contributed by atoms with Crippen molar-refractivity contribution in [1.82, 2.24) is 4.31 Å². The molecular formula is C24H30FN3O3S. The number of amides is 1. The lowest BCUT2D eigenvalue weighted by Crippen LogP contribution is -2.41. The summed E-state index contributed by atoms with van der Waals surface area (Å²) in [7, 11) is -3.60. The van der Waals surface area contributed by atoms with E-state index in [-0.39, 0.29) is 35.5 Å². The number of sulfonamides is 1. The maximum absolute atomic E-state index is 14.6. The minimum Gasteiger partial charge on any atom is -0.370 e. The Kier molecular flexibility index (Phi) is 6.53. The highest BCUT2D eigenvalue weighted by Crippen LogP contribution is 2.33. The van der Waals surface area contributed by atoms with E-state index in [0.717, 1.165) is 37.1 Å². The smallest absolute Gasteiger partial charge is 0.243 e. The summed E-state index contributed by atoms with van der Waals surface area (Å²) in [4.78, 5) is 15.3. The number of piperidine rings is 1. The van der Waals surface area contributed by atoms with E-state index in [2.05, 4.69) is 10.2 Å². The summed E-state index contributed by atoms with van der Waals surface area (Å²) < 4.78 is 42.1. The molecule has 2 aromatic rings. The molecule has 0 aliphatic carbocycles. The third-order valence-electron chi connectivity index (χ3n) is 6.63. The van der Waals surface area contributed by atoms with E-state index in [1.165, 1.54) is 10.4 Å². The quantitative estimate of drug-likeness (QED) is 0.732. The fraction of sp³-hybridized carbons (Fsp3) is 0.458. The summed E-state index contributed by atoms with van der Waals surface area (Å²) in [5.41, 5.74) is 2.91. The highest BCUT2D eigenvalue weighted by atomic mass is 32.2. The van der Waals surface area contributed by atoms with Gasteiger partial charge in [0.1, 0.15) is 11.5 Å². The van der Waals surface area contributed by atoms with E-state index < -0.39 is 15.8 Å². The van der Waals surface area contributed by atoms with Crippen molar-refractivity contribution in [3.05, 3.63) is 53.3 Å². The average Bonchev–Trinajstić information content (AvgIpc) is 3.31. The topological polar surface area (TPSA) is 69.7 Å². The van der Waals surface area contributed by atoms with Crippen molar-refractivity contribution >= 4 is 27.3 Å². The van der Waals surface area contributed by atoms with E-state index in [1.54, 1.807) is 18.2 Å². The molecule has 1 N–H and O–H groups in total. The lowest BCUT2D eigenvalue weighted by atomic mass is 9.97. The Hall–Kier alpha value is -2.45. The molecular weight excluding hydrogens is 429 g/mol. The van der Waals surface area contributed by atoms with Crippen LogP contribution in [0.25, 0.3) is 0 Å². The van der Waals surface area contributed by atoms with Gasteiger partial charge in [-0.3, -0.25) is 4.79 Å². The van der Waals surface area contributed by atoms with Gasteiger partial charge in [0.15, 0.2) is 0 Å². The molecule has 0 atom stereocenters. The Morgan fingerprint density at radius 2 is 1.69 bits per heavy atom. The number of para-hydroxylation sites is 1. The Morgan fingerprint density at radius 1 is 1.00 bits per heavy atom. The van der Waals surface area contributed by atoms with Crippen LogP contribution < -0.4 is 10.2 Å². The number of hydrogen-bond acceptors (Lipinski definition) is 4. The first-order chi connectivity index (χ1) is 15.3. The normalized spacial score (nSPS) is 18.2. The number of rotatable bonds is 5. The number of halogens is 1. The lowest BCUT2D eigenvalue weighted by Gasteiger charge is -2.31. The Morgan fingerprint density at radius 3 is 2.34 bits per heavy atom. The molecule has 2 aliphatic rings. The lowest BCUT2D eigenvalue weighted by molar-refractivity contribution is -0.120. The number of carbonyl (C=O) groups excluding carboxylic acids is 1. The third-order valence-corrected chi connectivity index (χ3v) is 8.52. The van der Waals surface area contributed by atoms with Gasteiger partial charge in [0.2, 0.25) is 15.9 Å². The van der Waals surface area contributed by atoms with Crippen molar-refractivity contribution in [3.8, 4) is 0 Å². The molecule has 172 valence electrons. The van der Waals surface area contributed by atoms with Crippen LogP contribution in [-0.4, -0.2) is 44.8 Å². The predicted octanol–water partition coefficient (Wildman–Crippen LogP) is 4.08. The fourth-order valence-electron chi connectivity index (χ4n) is 4.47. The summed E-state index contributed by atoms with van der Waals surface area (Å²) in [6.07, 6.45) is 2.92. The summed E-state index contributed by atoms with van der Waals surface area (Å²) in [6, 6.07) is 10.00. The third kappa shape index (κ3) is 4.52. The molecule has 0 bridgehead atoms. The highest BCUT2D eigenvalue weighted by molar-refractivity contribution is 7.89. The first kappa shape index (κ1) is 22.7. The van der Waals surface area contributed by atoms with Crippen LogP contribution in [0.15, 0.2) is 41.3 Å². The van der Waals surface area contributed by atoms with Crippen LogP contribution in [0.3, 0.4) is 0 Å². The van der Waals surface area contributed by atoms with Crippen LogP contribution in [0.4, 0.5) is 15.8 Å². The minimum atomic E-state index is -3.60. The molecule has 32 heavy (non-hydrogen) atoms. The summed E-state index contributed by atoms with van der Waals surface area (Å²) in [6.45, 7) is 6.07. The van der Waals surface area contributed by atoms with Gasteiger partial charge < -0.3 is 10.2 Å². The zero-order valence-electron chi connectivity index (χ0n) is 18.6. The first-order valence-corrected chi connectivity index (χ1v) is 12.6. The molecule has 0 radical (unpaired) electrons. The predicted molar refractivity (Wildman–Crippen MR) is 124 cm³/mol. The number of anilines is 2. The van der Waals surface area contributed by atoms with Gasteiger partial charge in [0.25, 0.3) is 0 Å². The van der Waals surface area contributed by atoms with E-state index in [1.807, 2.05) is 26.0 Å². The Labute approximate surface area is 189 Å². The number of carbonyl (C=O) groups is 1. The fourth-order valence-corrected chi connectivity index (χ4v) is 6.02. The van der Waals surface area contributed by atoms with Crippen LogP contribution >= 0.6 is 0 Å². The molecule has 2 saturated heterocycles. The molecule has 4 rings (SSSR count). The van der Waals surface area contributed by atoms with Crippen molar-refractivity contribution in [2.45, 2.75) is 44.4 Å². The monoisotopic (exact) mass is 459 g/mol. The van der Waals surface area contributed by atoms with Crippen molar-refractivity contribution in [2.75, 3.05) is 36.4 Å². The van der Waals surface area contributed by atoms with Crippen molar-refractivity contribution in [2.24, 2.45) is 5.92 Å². The number of aryl methyl sites for hydroxylation is 2. The van der Waals surface area contributed by atoms with Gasteiger partial charge in [-0.15, -0.1) is 0 Å². The second kappa shape index (κ2) is 9.19. The molecule has 0 unspecified atom stereocenters. The summed E-state index contributed by atoms with van der Waals surface area (Å²) in [5.74, 6) is -1.05. The van der Waals surface area contributed by atoms with Gasteiger partial charge in [-0.1, -0.05) is 12.1 Å². The second-order valence-corrected chi connectivity index (χ2v) is 10.7.